The van der Waals surface area contributed by atoms with Crippen LogP contribution in [0, 0.1) is 17.0 Å². The van der Waals surface area contributed by atoms with Crippen LogP contribution < -0.4 is 10.6 Å². The number of carbonyl (C=O) groups excluding carboxylic acids is 1. The Labute approximate surface area is 117 Å². The van der Waals surface area contributed by atoms with Crippen LogP contribution in [0.4, 0.5) is 11.4 Å². The predicted molar refractivity (Wildman–Crippen MR) is 75.8 cm³/mol. The number of ether oxygens (including phenoxy) is 1. The Hall–Kier alpha value is -2.15. The normalized spacial score (nSPS) is 11.8. The van der Waals surface area contributed by atoms with Crippen LogP contribution in [0.3, 0.4) is 0 Å². The van der Waals surface area contributed by atoms with E-state index in [1.165, 1.54) is 6.07 Å². The smallest absolute Gasteiger partial charge is 0.292 e. The molecule has 0 aromatic heterocycles. The number of para-hydroxylation sites is 1. The summed E-state index contributed by atoms with van der Waals surface area (Å²) in [7, 11) is 1.55. The lowest BCUT2D eigenvalue weighted by Crippen LogP contribution is -2.39. The first-order chi connectivity index (χ1) is 9.47. The summed E-state index contributed by atoms with van der Waals surface area (Å²) in [4.78, 5) is 22.3. The second-order valence-corrected chi connectivity index (χ2v) is 4.38. The highest BCUT2D eigenvalue weighted by Gasteiger charge is 2.20. The quantitative estimate of drug-likeness (QED) is 0.448. The molecule has 0 aliphatic rings. The molecule has 0 fully saturated rings. The maximum absolute atomic E-state index is 11.8. The lowest BCUT2D eigenvalue weighted by atomic mass is 10.1. The Bertz CT molecular complexity index is 491. The third-order valence-electron chi connectivity index (χ3n) is 2.81. The summed E-state index contributed by atoms with van der Waals surface area (Å²) in [6.07, 6.45) is 0. The summed E-state index contributed by atoms with van der Waals surface area (Å²) < 4.78 is 4.84. The van der Waals surface area contributed by atoms with Crippen LogP contribution in [0.15, 0.2) is 18.2 Å². The minimum Gasteiger partial charge on any atom is -0.383 e. The minimum atomic E-state index is -0.577. The average molecular weight is 281 g/mol. The zero-order valence-corrected chi connectivity index (χ0v) is 11.8. The molecule has 0 saturated heterocycles. The van der Waals surface area contributed by atoms with Gasteiger partial charge in [-0.15, -0.1) is 0 Å². The summed E-state index contributed by atoms with van der Waals surface area (Å²) in [5.74, 6) is -0.236. The molecule has 7 nitrogen and oxygen atoms in total. The molecule has 1 unspecified atom stereocenters. The van der Waals surface area contributed by atoms with Gasteiger partial charge in [-0.1, -0.05) is 12.1 Å². The van der Waals surface area contributed by atoms with Crippen molar-refractivity contribution in [1.82, 2.24) is 5.32 Å². The van der Waals surface area contributed by atoms with Crippen LogP contribution in [-0.4, -0.2) is 37.1 Å². The van der Waals surface area contributed by atoms with Crippen molar-refractivity contribution in [3.05, 3.63) is 33.9 Å². The Morgan fingerprint density at radius 2 is 2.20 bits per heavy atom. The molecule has 1 aromatic carbocycles. The molecule has 0 radical (unpaired) electrons. The lowest BCUT2D eigenvalue weighted by Gasteiger charge is -2.16. The van der Waals surface area contributed by atoms with Gasteiger partial charge in [-0.3, -0.25) is 14.9 Å². The Kier molecular flexibility index (Phi) is 5.92. The van der Waals surface area contributed by atoms with Crippen LogP contribution in [0.1, 0.15) is 12.5 Å². The van der Waals surface area contributed by atoms with E-state index in [9.17, 15) is 14.9 Å². The number of amides is 1. The minimum absolute atomic E-state index is 0.0402. The fourth-order valence-corrected chi connectivity index (χ4v) is 1.70. The molecule has 0 aliphatic heterocycles. The summed E-state index contributed by atoms with van der Waals surface area (Å²) in [6.45, 7) is 4.23. The van der Waals surface area contributed by atoms with E-state index in [2.05, 4.69) is 10.6 Å². The van der Waals surface area contributed by atoms with Crippen molar-refractivity contribution in [3.8, 4) is 0 Å². The van der Waals surface area contributed by atoms with Crippen molar-refractivity contribution in [2.24, 2.45) is 0 Å². The first-order valence-corrected chi connectivity index (χ1v) is 6.24. The molecule has 110 valence electrons. The molecule has 1 amide bonds. The third kappa shape index (κ3) is 4.20. The number of hydrogen-bond acceptors (Lipinski definition) is 5. The van der Waals surface area contributed by atoms with Gasteiger partial charge < -0.3 is 15.4 Å². The van der Waals surface area contributed by atoms with Gasteiger partial charge in [0.05, 0.1) is 11.5 Å². The topological polar surface area (TPSA) is 93.5 Å². The van der Waals surface area contributed by atoms with Gasteiger partial charge in [0.15, 0.2) is 0 Å². The molecule has 0 spiro atoms. The largest absolute Gasteiger partial charge is 0.383 e. The molecule has 1 aromatic rings. The third-order valence-corrected chi connectivity index (χ3v) is 2.81. The van der Waals surface area contributed by atoms with Crippen molar-refractivity contribution in [3.63, 3.8) is 0 Å². The molecule has 7 heteroatoms. The molecule has 0 aliphatic carbocycles. The number of benzene rings is 1. The van der Waals surface area contributed by atoms with E-state index in [4.69, 9.17) is 4.74 Å². The highest BCUT2D eigenvalue weighted by atomic mass is 16.6. The average Bonchev–Trinajstić information content (AvgIpc) is 2.40. The van der Waals surface area contributed by atoms with E-state index < -0.39 is 11.0 Å². The fourth-order valence-electron chi connectivity index (χ4n) is 1.70. The monoisotopic (exact) mass is 281 g/mol. The van der Waals surface area contributed by atoms with Crippen LogP contribution in [0.5, 0.6) is 0 Å². The van der Waals surface area contributed by atoms with Gasteiger partial charge in [-0.25, -0.2) is 0 Å². The number of methoxy groups -OCH3 is 1. The van der Waals surface area contributed by atoms with E-state index in [0.717, 1.165) is 5.56 Å². The Morgan fingerprint density at radius 1 is 1.50 bits per heavy atom. The van der Waals surface area contributed by atoms with Gasteiger partial charge in [0.25, 0.3) is 5.69 Å². The molecule has 1 atom stereocenters. The maximum atomic E-state index is 11.8. The van der Waals surface area contributed by atoms with Gasteiger partial charge in [-0.2, -0.15) is 0 Å². The highest BCUT2D eigenvalue weighted by Crippen LogP contribution is 2.28. The van der Waals surface area contributed by atoms with E-state index in [-0.39, 0.29) is 11.6 Å². The molecule has 0 saturated carbocycles. The van der Waals surface area contributed by atoms with E-state index in [1.807, 2.05) is 0 Å². The maximum Gasteiger partial charge on any atom is 0.292 e. The standard InChI is InChI=1S/C13H19N3O4/c1-9-5-4-6-11(16(18)19)12(9)15-10(2)13(17)14-7-8-20-3/h4-6,10,15H,7-8H2,1-3H3,(H,14,17). The number of nitro benzene ring substituents is 1. The van der Waals surface area contributed by atoms with E-state index in [0.29, 0.717) is 18.8 Å². The molecular formula is C13H19N3O4. The SMILES string of the molecule is COCCNC(=O)C(C)Nc1c(C)cccc1[N+](=O)[O-]. The van der Waals surface area contributed by atoms with Gasteiger partial charge in [0, 0.05) is 19.7 Å². The number of nitro groups is 1. The molecule has 0 bridgehead atoms. The van der Waals surface area contributed by atoms with E-state index in [1.54, 1.807) is 33.1 Å². The summed E-state index contributed by atoms with van der Waals surface area (Å²) in [5, 5.41) is 16.6. The second-order valence-electron chi connectivity index (χ2n) is 4.38. The molecule has 0 heterocycles. The number of hydrogen-bond donors (Lipinski definition) is 2. The van der Waals surface area contributed by atoms with Gasteiger partial charge in [-0.05, 0) is 19.4 Å². The first-order valence-electron chi connectivity index (χ1n) is 6.24. The fraction of sp³-hybridized carbons (Fsp3) is 0.462. The summed E-state index contributed by atoms with van der Waals surface area (Å²) >= 11 is 0. The number of carbonyl (C=O) groups is 1. The Morgan fingerprint density at radius 3 is 2.80 bits per heavy atom. The van der Waals surface area contributed by atoms with Crippen LogP contribution in [-0.2, 0) is 9.53 Å². The zero-order valence-electron chi connectivity index (χ0n) is 11.8. The van der Waals surface area contributed by atoms with Crippen molar-refractivity contribution in [1.29, 1.82) is 0 Å². The zero-order chi connectivity index (χ0) is 15.1. The van der Waals surface area contributed by atoms with Crippen LogP contribution in [0.25, 0.3) is 0 Å². The number of nitrogens with zero attached hydrogens (tertiary/aromatic N) is 1. The summed E-state index contributed by atoms with van der Waals surface area (Å²) in [5.41, 5.74) is 1.05. The van der Waals surface area contributed by atoms with E-state index >= 15 is 0 Å². The Balaban J connectivity index is 2.77. The number of nitrogens with one attached hydrogen (secondary N) is 2. The highest BCUT2D eigenvalue weighted by molar-refractivity contribution is 5.85. The molecule has 1 rings (SSSR count). The van der Waals surface area contributed by atoms with Crippen molar-refractivity contribution >= 4 is 17.3 Å². The summed E-state index contributed by atoms with van der Waals surface area (Å²) in [6, 6.07) is 4.20. The van der Waals surface area contributed by atoms with Crippen molar-refractivity contribution in [2.45, 2.75) is 19.9 Å². The van der Waals surface area contributed by atoms with Gasteiger partial charge in [0.2, 0.25) is 5.91 Å². The first kappa shape index (κ1) is 15.9. The van der Waals surface area contributed by atoms with Crippen LogP contribution in [0.2, 0.25) is 0 Å². The van der Waals surface area contributed by atoms with Crippen molar-refractivity contribution in [2.75, 3.05) is 25.6 Å². The van der Waals surface area contributed by atoms with Crippen molar-refractivity contribution < 1.29 is 14.5 Å². The second kappa shape index (κ2) is 7.44. The number of aryl methyl sites for hydroxylation is 1. The molecular weight excluding hydrogens is 262 g/mol. The van der Waals surface area contributed by atoms with Gasteiger partial charge in [0.1, 0.15) is 11.7 Å². The number of anilines is 1. The number of rotatable bonds is 7. The molecule has 2 N–H and O–H groups in total. The van der Waals surface area contributed by atoms with Gasteiger partial charge >= 0.3 is 0 Å². The molecule has 20 heavy (non-hydrogen) atoms. The van der Waals surface area contributed by atoms with Crippen LogP contribution >= 0.6 is 0 Å². The lowest BCUT2D eigenvalue weighted by molar-refractivity contribution is -0.384. The predicted octanol–water partition coefficient (Wildman–Crippen LogP) is 1.47.